The molecule has 1 heterocycles. The summed E-state index contributed by atoms with van der Waals surface area (Å²) < 4.78 is 4.89. The number of aromatic nitrogens is 1. The molecule has 5 heteroatoms. The Morgan fingerprint density at radius 1 is 1.47 bits per heavy atom. The Bertz CT molecular complexity index is 580. The summed E-state index contributed by atoms with van der Waals surface area (Å²) >= 11 is 5.96. The molecule has 1 aromatic heterocycles. The highest BCUT2D eigenvalue weighted by atomic mass is 35.5. The first kappa shape index (κ1) is 13.6. The molecule has 0 aliphatic carbocycles. The maximum atomic E-state index is 12.0. The van der Waals surface area contributed by atoms with Crippen molar-refractivity contribution in [2.75, 3.05) is 0 Å². The van der Waals surface area contributed by atoms with Gasteiger partial charge in [-0.15, -0.1) is 0 Å². The van der Waals surface area contributed by atoms with Crippen molar-refractivity contribution in [3.05, 3.63) is 52.4 Å². The van der Waals surface area contributed by atoms with Crippen LogP contribution in [0.2, 0.25) is 5.02 Å². The number of carbonyl (C=O) groups is 1. The van der Waals surface area contributed by atoms with Gasteiger partial charge < -0.3 is 9.84 Å². The van der Waals surface area contributed by atoms with E-state index in [4.69, 9.17) is 16.1 Å². The van der Waals surface area contributed by atoms with Crippen LogP contribution >= 0.6 is 11.6 Å². The largest absolute Gasteiger partial charge is 0.361 e. The van der Waals surface area contributed by atoms with Crippen LogP contribution in [0.3, 0.4) is 0 Å². The third kappa shape index (κ3) is 3.35. The Morgan fingerprint density at radius 2 is 2.26 bits per heavy atom. The summed E-state index contributed by atoms with van der Waals surface area (Å²) in [5.74, 6) is 0.365. The van der Waals surface area contributed by atoms with E-state index in [1.165, 1.54) is 0 Å². The zero-order valence-corrected chi connectivity index (χ0v) is 11.6. The van der Waals surface area contributed by atoms with E-state index in [0.717, 1.165) is 12.0 Å². The monoisotopic (exact) mass is 278 g/mol. The summed E-state index contributed by atoms with van der Waals surface area (Å²) in [6.07, 6.45) is 0.767. The molecule has 0 saturated heterocycles. The van der Waals surface area contributed by atoms with Crippen molar-refractivity contribution in [1.29, 1.82) is 0 Å². The fourth-order valence-electron chi connectivity index (χ4n) is 1.85. The summed E-state index contributed by atoms with van der Waals surface area (Å²) in [5.41, 5.74) is 1.27. The van der Waals surface area contributed by atoms with Gasteiger partial charge in [-0.05, 0) is 31.0 Å². The molecule has 4 nitrogen and oxygen atoms in total. The second-order valence-electron chi connectivity index (χ2n) is 4.31. The zero-order chi connectivity index (χ0) is 13.8. The van der Waals surface area contributed by atoms with E-state index >= 15 is 0 Å². The van der Waals surface area contributed by atoms with Crippen molar-refractivity contribution in [3.8, 4) is 0 Å². The van der Waals surface area contributed by atoms with Gasteiger partial charge in [0, 0.05) is 11.1 Å². The number of carbonyl (C=O) groups excluding carboxylic acids is 1. The van der Waals surface area contributed by atoms with Crippen LogP contribution < -0.4 is 5.32 Å². The lowest BCUT2D eigenvalue weighted by Crippen LogP contribution is -2.28. The summed E-state index contributed by atoms with van der Waals surface area (Å²) in [6.45, 7) is 3.75. The van der Waals surface area contributed by atoms with Gasteiger partial charge in [-0.2, -0.15) is 0 Å². The Hall–Kier alpha value is -1.81. The fraction of sp³-hybridized carbons (Fsp3) is 0.286. The van der Waals surface area contributed by atoms with Crippen molar-refractivity contribution in [3.63, 3.8) is 0 Å². The van der Waals surface area contributed by atoms with Gasteiger partial charge in [0.2, 0.25) is 0 Å². The zero-order valence-electron chi connectivity index (χ0n) is 10.8. The normalized spacial score (nSPS) is 12.2. The molecule has 0 bridgehead atoms. The third-order valence-electron chi connectivity index (χ3n) is 2.83. The SMILES string of the molecule is CCC(NC(=O)c1cc(C)on1)c1cccc(Cl)c1. The molecule has 2 aromatic rings. The van der Waals surface area contributed by atoms with E-state index < -0.39 is 0 Å². The molecule has 0 fully saturated rings. The molecular formula is C14H15ClN2O2. The first-order valence-corrected chi connectivity index (χ1v) is 6.47. The molecule has 1 unspecified atom stereocenters. The molecule has 1 atom stereocenters. The lowest BCUT2D eigenvalue weighted by Gasteiger charge is -2.16. The summed E-state index contributed by atoms with van der Waals surface area (Å²) in [6, 6.07) is 8.98. The quantitative estimate of drug-likeness (QED) is 0.931. The van der Waals surface area contributed by atoms with Crippen LogP contribution in [-0.2, 0) is 0 Å². The molecule has 0 aliphatic rings. The van der Waals surface area contributed by atoms with Crippen LogP contribution in [0.4, 0.5) is 0 Å². The number of nitrogens with one attached hydrogen (secondary N) is 1. The van der Waals surface area contributed by atoms with Crippen LogP contribution in [0, 0.1) is 6.92 Å². The molecular weight excluding hydrogens is 264 g/mol. The second-order valence-corrected chi connectivity index (χ2v) is 4.75. The average molecular weight is 279 g/mol. The summed E-state index contributed by atoms with van der Waals surface area (Å²) in [5, 5.41) is 7.28. The smallest absolute Gasteiger partial charge is 0.273 e. The van der Waals surface area contributed by atoms with Crippen LogP contribution in [0.1, 0.15) is 41.2 Å². The van der Waals surface area contributed by atoms with E-state index in [1.807, 2.05) is 25.1 Å². The number of benzene rings is 1. The Labute approximate surface area is 116 Å². The summed E-state index contributed by atoms with van der Waals surface area (Å²) in [4.78, 5) is 12.0. The van der Waals surface area contributed by atoms with Gasteiger partial charge in [0.1, 0.15) is 5.76 Å². The van der Waals surface area contributed by atoms with Gasteiger partial charge in [-0.1, -0.05) is 35.8 Å². The average Bonchev–Trinajstić information content (AvgIpc) is 2.82. The van der Waals surface area contributed by atoms with Gasteiger partial charge in [0.05, 0.1) is 6.04 Å². The van der Waals surface area contributed by atoms with Crippen LogP contribution in [-0.4, -0.2) is 11.1 Å². The number of nitrogens with zero attached hydrogens (tertiary/aromatic N) is 1. The maximum absolute atomic E-state index is 12.0. The number of hydrogen-bond acceptors (Lipinski definition) is 3. The van der Waals surface area contributed by atoms with Gasteiger partial charge in [0.25, 0.3) is 5.91 Å². The number of amides is 1. The lowest BCUT2D eigenvalue weighted by atomic mass is 10.0. The predicted octanol–water partition coefficient (Wildman–Crippen LogP) is 3.52. The molecule has 1 amide bonds. The van der Waals surface area contributed by atoms with Crippen LogP contribution in [0.25, 0.3) is 0 Å². The topological polar surface area (TPSA) is 55.1 Å². The molecule has 1 aromatic carbocycles. The standard InChI is InChI=1S/C14H15ClN2O2/c1-3-12(10-5-4-6-11(15)8-10)16-14(18)13-7-9(2)19-17-13/h4-8,12H,3H2,1-2H3,(H,16,18). The van der Waals surface area contributed by atoms with Crippen molar-refractivity contribution >= 4 is 17.5 Å². The molecule has 100 valence electrons. The fourth-order valence-corrected chi connectivity index (χ4v) is 2.05. The maximum Gasteiger partial charge on any atom is 0.273 e. The van der Waals surface area contributed by atoms with Crippen molar-refractivity contribution in [2.45, 2.75) is 26.3 Å². The number of aryl methyl sites for hydroxylation is 1. The molecule has 2 rings (SSSR count). The van der Waals surface area contributed by atoms with Gasteiger partial charge in [-0.3, -0.25) is 4.79 Å². The van der Waals surface area contributed by atoms with Crippen molar-refractivity contribution in [1.82, 2.24) is 10.5 Å². The van der Waals surface area contributed by atoms with Crippen molar-refractivity contribution < 1.29 is 9.32 Å². The van der Waals surface area contributed by atoms with E-state index in [-0.39, 0.29) is 17.6 Å². The minimum atomic E-state index is -0.247. The third-order valence-corrected chi connectivity index (χ3v) is 3.06. The highest BCUT2D eigenvalue weighted by Gasteiger charge is 2.16. The molecule has 1 N–H and O–H groups in total. The number of halogens is 1. The second kappa shape index (κ2) is 5.89. The summed E-state index contributed by atoms with van der Waals surface area (Å²) in [7, 11) is 0. The van der Waals surface area contributed by atoms with Gasteiger partial charge in [-0.25, -0.2) is 0 Å². The van der Waals surface area contributed by atoms with E-state index in [0.29, 0.717) is 10.8 Å². The first-order chi connectivity index (χ1) is 9.10. The molecule has 0 saturated carbocycles. The molecule has 0 aliphatic heterocycles. The number of rotatable bonds is 4. The lowest BCUT2D eigenvalue weighted by molar-refractivity contribution is 0.0926. The Kier molecular flexibility index (Phi) is 4.22. The van der Waals surface area contributed by atoms with Crippen LogP contribution in [0.15, 0.2) is 34.9 Å². The highest BCUT2D eigenvalue weighted by molar-refractivity contribution is 6.30. The van der Waals surface area contributed by atoms with E-state index in [2.05, 4.69) is 10.5 Å². The Morgan fingerprint density at radius 3 is 2.84 bits per heavy atom. The van der Waals surface area contributed by atoms with E-state index in [9.17, 15) is 4.79 Å². The molecule has 0 radical (unpaired) electrons. The first-order valence-electron chi connectivity index (χ1n) is 6.09. The van der Waals surface area contributed by atoms with Crippen molar-refractivity contribution in [2.24, 2.45) is 0 Å². The minimum absolute atomic E-state index is 0.0943. The molecule has 0 spiro atoms. The van der Waals surface area contributed by atoms with Crippen LogP contribution in [0.5, 0.6) is 0 Å². The Balaban J connectivity index is 2.13. The van der Waals surface area contributed by atoms with Gasteiger partial charge >= 0.3 is 0 Å². The number of hydrogen-bond donors (Lipinski definition) is 1. The molecule has 19 heavy (non-hydrogen) atoms. The van der Waals surface area contributed by atoms with E-state index in [1.54, 1.807) is 19.1 Å². The highest BCUT2D eigenvalue weighted by Crippen LogP contribution is 2.20. The van der Waals surface area contributed by atoms with Gasteiger partial charge in [0.15, 0.2) is 5.69 Å². The predicted molar refractivity (Wildman–Crippen MR) is 73.2 cm³/mol. The minimum Gasteiger partial charge on any atom is -0.361 e.